The Kier molecular flexibility index (Phi) is 4.01. The molecular weight excluding hydrogens is 222 g/mol. The third-order valence-corrected chi connectivity index (χ3v) is 2.93. The highest BCUT2D eigenvalue weighted by molar-refractivity contribution is 5.81. The molecule has 0 aliphatic carbocycles. The van der Waals surface area contributed by atoms with Crippen LogP contribution >= 0.6 is 0 Å². The number of rotatable bonds is 2. The zero-order valence-corrected chi connectivity index (χ0v) is 10.9. The Morgan fingerprint density at radius 3 is 2.41 bits per heavy atom. The fraction of sp³-hybridized carbons (Fsp3) is 0.833. The maximum absolute atomic E-state index is 11.9. The summed E-state index contributed by atoms with van der Waals surface area (Å²) < 4.78 is 5.22. The number of nitrogens with zero attached hydrogens (tertiary/aromatic N) is 1. The summed E-state index contributed by atoms with van der Waals surface area (Å²) in [7, 11) is 0. The Morgan fingerprint density at radius 1 is 1.41 bits per heavy atom. The van der Waals surface area contributed by atoms with Crippen LogP contribution in [0.25, 0.3) is 0 Å². The number of carbonyl (C=O) groups excluding carboxylic acids is 1. The van der Waals surface area contributed by atoms with E-state index in [-0.39, 0.29) is 5.92 Å². The lowest BCUT2D eigenvalue weighted by atomic mass is 9.98. The lowest BCUT2D eigenvalue weighted by Crippen LogP contribution is -2.45. The molecule has 0 aromatic rings. The van der Waals surface area contributed by atoms with Crippen LogP contribution in [-0.2, 0) is 9.53 Å². The van der Waals surface area contributed by atoms with E-state index in [0.717, 1.165) is 12.8 Å². The minimum Gasteiger partial charge on any atom is -0.480 e. The van der Waals surface area contributed by atoms with Crippen molar-refractivity contribution in [2.75, 3.05) is 6.54 Å². The number of carbonyl (C=O) groups is 2. The summed E-state index contributed by atoms with van der Waals surface area (Å²) in [5, 5.41) is 9.18. The summed E-state index contributed by atoms with van der Waals surface area (Å²) in [5.74, 6) is -0.916. The van der Waals surface area contributed by atoms with Crippen LogP contribution in [0.4, 0.5) is 4.79 Å². The van der Waals surface area contributed by atoms with Gasteiger partial charge in [-0.1, -0.05) is 13.3 Å². The van der Waals surface area contributed by atoms with Gasteiger partial charge in [-0.05, 0) is 33.1 Å². The summed E-state index contributed by atoms with van der Waals surface area (Å²) in [6, 6.07) is -0.741. The van der Waals surface area contributed by atoms with Gasteiger partial charge in [0.05, 0.1) is 0 Å². The minimum absolute atomic E-state index is 0.0278. The lowest BCUT2D eigenvalue weighted by molar-refractivity contribution is -0.143. The number of aliphatic carboxylic acids is 1. The molecule has 1 rings (SSSR count). The van der Waals surface area contributed by atoms with E-state index in [0.29, 0.717) is 6.54 Å². The molecule has 0 aromatic heterocycles. The molecule has 0 saturated carbocycles. The van der Waals surface area contributed by atoms with Crippen molar-refractivity contribution in [2.45, 2.75) is 52.2 Å². The summed E-state index contributed by atoms with van der Waals surface area (Å²) in [4.78, 5) is 24.4. The first-order chi connectivity index (χ1) is 7.76. The molecule has 1 fully saturated rings. The normalized spacial score (nSPS) is 24.8. The number of carboxylic acid groups (broad SMARTS) is 1. The molecule has 2 atom stereocenters. The second kappa shape index (κ2) is 4.94. The van der Waals surface area contributed by atoms with Crippen molar-refractivity contribution in [3.8, 4) is 0 Å². The molecule has 0 aromatic carbocycles. The van der Waals surface area contributed by atoms with Crippen molar-refractivity contribution < 1.29 is 19.4 Å². The highest BCUT2D eigenvalue weighted by Crippen LogP contribution is 2.28. The zero-order chi connectivity index (χ0) is 13.2. The van der Waals surface area contributed by atoms with Crippen molar-refractivity contribution >= 4 is 12.1 Å². The molecular formula is C12H21NO4. The van der Waals surface area contributed by atoms with Gasteiger partial charge in [0.1, 0.15) is 11.6 Å². The fourth-order valence-corrected chi connectivity index (χ4v) is 2.14. The molecule has 1 unspecified atom stereocenters. The van der Waals surface area contributed by atoms with Gasteiger partial charge in [0.15, 0.2) is 0 Å². The van der Waals surface area contributed by atoms with Crippen LogP contribution in [0.15, 0.2) is 0 Å². The van der Waals surface area contributed by atoms with E-state index in [9.17, 15) is 14.7 Å². The van der Waals surface area contributed by atoms with Gasteiger partial charge in [-0.15, -0.1) is 0 Å². The average molecular weight is 243 g/mol. The first-order valence-corrected chi connectivity index (χ1v) is 5.98. The number of likely N-dealkylation sites (tertiary alicyclic amines) is 1. The highest BCUT2D eigenvalue weighted by Gasteiger charge is 2.42. The van der Waals surface area contributed by atoms with E-state index in [2.05, 4.69) is 0 Å². The molecule has 0 spiro atoms. The van der Waals surface area contributed by atoms with Crippen molar-refractivity contribution in [2.24, 2.45) is 5.92 Å². The van der Waals surface area contributed by atoms with Crippen LogP contribution in [0.2, 0.25) is 0 Å². The van der Waals surface area contributed by atoms with Crippen molar-refractivity contribution in [3.63, 3.8) is 0 Å². The van der Waals surface area contributed by atoms with Crippen LogP contribution in [0.1, 0.15) is 40.5 Å². The van der Waals surface area contributed by atoms with Gasteiger partial charge in [-0.2, -0.15) is 0 Å². The monoisotopic (exact) mass is 243 g/mol. The third-order valence-electron chi connectivity index (χ3n) is 2.93. The molecule has 0 bridgehead atoms. The summed E-state index contributed by atoms with van der Waals surface area (Å²) >= 11 is 0. The number of hydrogen-bond donors (Lipinski definition) is 1. The third kappa shape index (κ3) is 3.35. The lowest BCUT2D eigenvalue weighted by Gasteiger charge is -2.28. The predicted molar refractivity (Wildman–Crippen MR) is 62.8 cm³/mol. The molecule has 17 heavy (non-hydrogen) atoms. The van der Waals surface area contributed by atoms with Gasteiger partial charge in [0, 0.05) is 6.54 Å². The van der Waals surface area contributed by atoms with E-state index in [1.807, 2.05) is 6.92 Å². The Morgan fingerprint density at radius 2 is 2.00 bits per heavy atom. The van der Waals surface area contributed by atoms with E-state index in [4.69, 9.17) is 4.74 Å². The molecule has 1 aliphatic heterocycles. The fourth-order valence-electron chi connectivity index (χ4n) is 2.14. The molecule has 1 aliphatic rings. The molecule has 0 radical (unpaired) electrons. The Bertz CT molecular complexity index is 308. The van der Waals surface area contributed by atoms with Gasteiger partial charge in [0.2, 0.25) is 0 Å². The van der Waals surface area contributed by atoms with Gasteiger partial charge >= 0.3 is 12.1 Å². The van der Waals surface area contributed by atoms with Crippen molar-refractivity contribution in [1.29, 1.82) is 0 Å². The molecule has 1 amide bonds. The van der Waals surface area contributed by atoms with Gasteiger partial charge < -0.3 is 9.84 Å². The first kappa shape index (κ1) is 13.8. The quantitative estimate of drug-likeness (QED) is 0.806. The topological polar surface area (TPSA) is 66.8 Å². The van der Waals surface area contributed by atoms with Crippen LogP contribution in [0.5, 0.6) is 0 Å². The van der Waals surface area contributed by atoms with E-state index >= 15 is 0 Å². The smallest absolute Gasteiger partial charge is 0.411 e. The van der Waals surface area contributed by atoms with E-state index in [1.165, 1.54) is 4.90 Å². The Hall–Kier alpha value is -1.26. The molecule has 5 nitrogen and oxygen atoms in total. The van der Waals surface area contributed by atoms with Gasteiger partial charge in [0.25, 0.3) is 0 Å². The van der Waals surface area contributed by atoms with Crippen LogP contribution in [0, 0.1) is 5.92 Å². The SMILES string of the molecule is CCC1CCN(C(=O)OC(C)(C)C)[C@@H]1C(=O)O. The highest BCUT2D eigenvalue weighted by atomic mass is 16.6. The Labute approximate surface area is 102 Å². The second-order valence-electron chi connectivity index (χ2n) is 5.41. The summed E-state index contributed by atoms with van der Waals surface area (Å²) in [6.45, 7) is 7.72. The maximum Gasteiger partial charge on any atom is 0.411 e. The van der Waals surface area contributed by atoms with E-state index < -0.39 is 23.7 Å². The van der Waals surface area contributed by atoms with Crippen molar-refractivity contribution in [1.82, 2.24) is 4.90 Å². The minimum atomic E-state index is -0.944. The van der Waals surface area contributed by atoms with Crippen LogP contribution in [-0.4, -0.2) is 40.3 Å². The van der Waals surface area contributed by atoms with Gasteiger partial charge in [-0.25, -0.2) is 9.59 Å². The first-order valence-electron chi connectivity index (χ1n) is 5.98. The Balaban J connectivity index is 2.76. The maximum atomic E-state index is 11.9. The number of hydrogen-bond acceptors (Lipinski definition) is 3. The number of ether oxygens (including phenoxy) is 1. The second-order valence-corrected chi connectivity index (χ2v) is 5.41. The largest absolute Gasteiger partial charge is 0.480 e. The molecule has 5 heteroatoms. The average Bonchev–Trinajstić information content (AvgIpc) is 2.57. The van der Waals surface area contributed by atoms with Gasteiger partial charge in [-0.3, -0.25) is 4.90 Å². The van der Waals surface area contributed by atoms with E-state index in [1.54, 1.807) is 20.8 Å². The van der Waals surface area contributed by atoms with Crippen molar-refractivity contribution in [3.05, 3.63) is 0 Å². The number of amides is 1. The number of carboxylic acids is 1. The standard InChI is InChI=1S/C12H21NO4/c1-5-8-6-7-13(9(8)10(14)15)11(16)17-12(2,3)4/h8-9H,5-7H2,1-4H3,(H,14,15)/t8?,9-/m0/s1. The molecule has 1 saturated heterocycles. The summed E-state index contributed by atoms with van der Waals surface area (Å²) in [6.07, 6.45) is 0.962. The summed E-state index contributed by atoms with van der Waals surface area (Å²) in [5.41, 5.74) is -0.593. The molecule has 1 heterocycles. The van der Waals surface area contributed by atoms with Crippen LogP contribution < -0.4 is 0 Å². The molecule has 1 N–H and O–H groups in total. The molecule has 98 valence electrons. The zero-order valence-electron chi connectivity index (χ0n) is 10.9. The van der Waals surface area contributed by atoms with Crippen LogP contribution in [0.3, 0.4) is 0 Å². The predicted octanol–water partition coefficient (Wildman–Crippen LogP) is 2.11.